The third-order valence-corrected chi connectivity index (χ3v) is 6.53. The molecule has 8 nitrogen and oxygen atoms in total. The molecule has 0 saturated carbocycles. The van der Waals surface area contributed by atoms with Crippen LogP contribution in [0.3, 0.4) is 0 Å². The number of ether oxygens (including phenoxy) is 1. The van der Waals surface area contributed by atoms with Gasteiger partial charge in [-0.3, -0.25) is 19.7 Å². The molecular formula is C21H29N5O3. The van der Waals surface area contributed by atoms with Crippen molar-refractivity contribution in [3.8, 4) is 0 Å². The lowest BCUT2D eigenvalue weighted by molar-refractivity contribution is -0.0552. The Kier molecular flexibility index (Phi) is 5.26. The minimum atomic E-state index is -0.149. The van der Waals surface area contributed by atoms with Crippen LogP contribution in [0.25, 0.3) is 0 Å². The second kappa shape index (κ2) is 8.02. The molecule has 8 heteroatoms. The monoisotopic (exact) mass is 399 g/mol. The molecule has 0 aliphatic carbocycles. The highest BCUT2D eigenvalue weighted by Crippen LogP contribution is 2.35. The van der Waals surface area contributed by atoms with Crippen LogP contribution < -0.4 is 5.56 Å². The van der Waals surface area contributed by atoms with Crippen molar-refractivity contribution in [2.45, 2.75) is 38.1 Å². The molecule has 3 aliphatic heterocycles. The summed E-state index contributed by atoms with van der Waals surface area (Å²) in [7, 11) is 0. The minimum absolute atomic E-state index is 0.0259. The zero-order chi connectivity index (χ0) is 19.8. The van der Waals surface area contributed by atoms with Crippen LogP contribution in [-0.4, -0.2) is 75.2 Å². The van der Waals surface area contributed by atoms with Crippen molar-refractivity contribution >= 4 is 0 Å². The number of morpholine rings is 1. The van der Waals surface area contributed by atoms with Gasteiger partial charge in [-0.25, -0.2) is 0 Å². The van der Waals surface area contributed by atoms with E-state index in [1.165, 1.54) is 12.1 Å². The molecule has 2 saturated heterocycles. The average Bonchev–Trinajstić information content (AvgIpc) is 3.23. The Hall–Kier alpha value is -2.00. The Morgan fingerprint density at radius 2 is 2.07 bits per heavy atom. The van der Waals surface area contributed by atoms with E-state index in [0.717, 1.165) is 44.0 Å². The fourth-order valence-electron chi connectivity index (χ4n) is 5.23. The van der Waals surface area contributed by atoms with Crippen LogP contribution in [0.15, 0.2) is 29.2 Å². The van der Waals surface area contributed by atoms with Gasteiger partial charge in [-0.15, -0.1) is 0 Å². The van der Waals surface area contributed by atoms with E-state index < -0.39 is 0 Å². The highest BCUT2D eigenvalue weighted by atomic mass is 16.5. The van der Waals surface area contributed by atoms with Crippen molar-refractivity contribution in [2.24, 2.45) is 5.92 Å². The normalized spacial score (nSPS) is 27.7. The number of aliphatic hydroxyl groups is 1. The van der Waals surface area contributed by atoms with Crippen LogP contribution in [0.4, 0.5) is 0 Å². The number of H-pyrrole nitrogens is 1. The van der Waals surface area contributed by atoms with Crippen LogP contribution in [0, 0.1) is 5.92 Å². The average molecular weight is 399 g/mol. The van der Waals surface area contributed by atoms with Gasteiger partial charge in [0, 0.05) is 74.9 Å². The Labute approximate surface area is 170 Å². The van der Waals surface area contributed by atoms with Crippen molar-refractivity contribution in [1.29, 1.82) is 0 Å². The number of hydrogen-bond donors (Lipinski definition) is 2. The predicted octanol–water partition coefficient (Wildman–Crippen LogP) is 0.384. The zero-order valence-corrected chi connectivity index (χ0v) is 16.7. The second-order valence-electron chi connectivity index (χ2n) is 8.68. The Morgan fingerprint density at radius 3 is 2.90 bits per heavy atom. The Bertz CT molecular complexity index is 896. The molecule has 2 aromatic heterocycles. The summed E-state index contributed by atoms with van der Waals surface area (Å²) in [5, 5.41) is 16.5. The van der Waals surface area contributed by atoms with E-state index in [9.17, 15) is 9.90 Å². The number of pyridine rings is 1. The number of fused-ring (bicyclic) bond motifs is 4. The van der Waals surface area contributed by atoms with Crippen molar-refractivity contribution in [3.05, 3.63) is 51.7 Å². The number of aromatic amines is 1. The third kappa shape index (κ3) is 3.90. The van der Waals surface area contributed by atoms with Gasteiger partial charge in [-0.1, -0.05) is 6.07 Å². The van der Waals surface area contributed by atoms with Crippen molar-refractivity contribution in [1.82, 2.24) is 24.6 Å². The largest absolute Gasteiger partial charge is 0.394 e. The Balaban J connectivity index is 1.32. The first-order chi connectivity index (χ1) is 14.2. The summed E-state index contributed by atoms with van der Waals surface area (Å²) in [5.74, 6) is 0.925. The lowest BCUT2D eigenvalue weighted by Crippen LogP contribution is -2.48. The molecule has 0 radical (unpaired) electrons. The molecule has 5 rings (SSSR count). The fraction of sp³-hybridized carbons (Fsp3) is 0.619. The summed E-state index contributed by atoms with van der Waals surface area (Å²) < 4.78 is 7.56. The molecule has 5 heterocycles. The number of rotatable bonds is 5. The summed E-state index contributed by atoms with van der Waals surface area (Å²) in [4.78, 5) is 17.9. The number of piperidine rings is 1. The topological polar surface area (TPSA) is 86.6 Å². The molecular weight excluding hydrogens is 370 g/mol. The maximum atomic E-state index is 13.2. The quantitative estimate of drug-likeness (QED) is 0.756. The molecule has 0 spiro atoms. The first-order valence-electron chi connectivity index (χ1n) is 10.6. The molecule has 0 aromatic carbocycles. The standard InChI is InChI=1S/C21H29N5O3/c27-14-19-13-24(5-6-29-19)10-16-1-2-20-17-7-15(9-26(20)21(16)28)8-25(11-17)12-18-3-4-22-23-18/h1-4,15,17,19,27H,5-14H2,(H,22,23)/t15-,17+,19+/m0/s1. The van der Waals surface area contributed by atoms with Crippen molar-refractivity contribution in [2.75, 3.05) is 39.4 Å². The summed E-state index contributed by atoms with van der Waals surface area (Å²) in [6.07, 6.45) is 2.82. The Morgan fingerprint density at radius 1 is 1.14 bits per heavy atom. The number of nitrogens with one attached hydrogen (secondary N) is 1. The molecule has 0 amide bonds. The summed E-state index contributed by atoms with van der Waals surface area (Å²) in [6.45, 7) is 6.42. The van der Waals surface area contributed by atoms with E-state index in [0.29, 0.717) is 31.5 Å². The SMILES string of the molecule is O=c1c(CN2CCO[C@@H](CO)C2)ccc2n1C[C@H]1C[C@@H]2CN(Cc2ccn[nH]2)C1. The van der Waals surface area contributed by atoms with Gasteiger partial charge in [0.05, 0.1) is 19.3 Å². The van der Waals surface area contributed by atoms with Crippen LogP contribution in [0.2, 0.25) is 0 Å². The van der Waals surface area contributed by atoms with Gasteiger partial charge in [0.2, 0.25) is 0 Å². The molecule has 0 unspecified atom stereocenters. The minimum Gasteiger partial charge on any atom is -0.394 e. The molecule has 3 aliphatic rings. The summed E-state index contributed by atoms with van der Waals surface area (Å²) in [6, 6.07) is 6.22. The molecule has 156 valence electrons. The van der Waals surface area contributed by atoms with Crippen molar-refractivity contribution < 1.29 is 9.84 Å². The smallest absolute Gasteiger partial charge is 0.255 e. The molecule has 29 heavy (non-hydrogen) atoms. The summed E-state index contributed by atoms with van der Waals surface area (Å²) >= 11 is 0. The number of aliphatic hydroxyl groups excluding tert-OH is 1. The highest BCUT2D eigenvalue weighted by molar-refractivity contribution is 5.22. The fourth-order valence-corrected chi connectivity index (χ4v) is 5.23. The van der Waals surface area contributed by atoms with Gasteiger partial charge >= 0.3 is 0 Å². The molecule has 2 bridgehead atoms. The number of likely N-dealkylation sites (tertiary alicyclic amines) is 1. The molecule has 2 aromatic rings. The van der Waals surface area contributed by atoms with E-state index in [1.807, 2.05) is 16.7 Å². The molecule has 2 N–H and O–H groups in total. The van der Waals surface area contributed by atoms with E-state index >= 15 is 0 Å². The van der Waals surface area contributed by atoms with Gasteiger partial charge in [0.15, 0.2) is 0 Å². The zero-order valence-electron chi connectivity index (χ0n) is 16.7. The lowest BCUT2D eigenvalue weighted by atomic mass is 9.83. The van der Waals surface area contributed by atoms with Crippen LogP contribution in [-0.2, 0) is 24.4 Å². The lowest BCUT2D eigenvalue weighted by Gasteiger charge is -2.43. The third-order valence-electron chi connectivity index (χ3n) is 6.53. The number of hydrogen-bond acceptors (Lipinski definition) is 6. The predicted molar refractivity (Wildman–Crippen MR) is 108 cm³/mol. The maximum Gasteiger partial charge on any atom is 0.255 e. The van der Waals surface area contributed by atoms with Crippen LogP contribution >= 0.6 is 0 Å². The van der Waals surface area contributed by atoms with Crippen LogP contribution in [0.1, 0.15) is 29.3 Å². The molecule has 3 atom stereocenters. The number of aromatic nitrogens is 3. The second-order valence-corrected chi connectivity index (χ2v) is 8.68. The van der Waals surface area contributed by atoms with Gasteiger partial charge < -0.3 is 14.4 Å². The number of nitrogens with zero attached hydrogens (tertiary/aromatic N) is 4. The summed E-state index contributed by atoms with van der Waals surface area (Å²) in [5.41, 5.74) is 3.33. The van der Waals surface area contributed by atoms with Crippen molar-refractivity contribution in [3.63, 3.8) is 0 Å². The maximum absolute atomic E-state index is 13.2. The van der Waals surface area contributed by atoms with E-state index in [2.05, 4.69) is 26.1 Å². The van der Waals surface area contributed by atoms with E-state index in [-0.39, 0.29) is 18.3 Å². The van der Waals surface area contributed by atoms with Gasteiger partial charge in [0.1, 0.15) is 0 Å². The highest BCUT2D eigenvalue weighted by Gasteiger charge is 2.35. The van der Waals surface area contributed by atoms with Gasteiger partial charge in [-0.05, 0) is 24.5 Å². The first-order valence-corrected chi connectivity index (χ1v) is 10.6. The first kappa shape index (κ1) is 19.0. The van der Waals surface area contributed by atoms with E-state index in [4.69, 9.17) is 4.74 Å². The van der Waals surface area contributed by atoms with E-state index in [1.54, 1.807) is 6.20 Å². The molecule has 2 fully saturated rings. The van der Waals surface area contributed by atoms with Gasteiger partial charge in [-0.2, -0.15) is 5.10 Å². The van der Waals surface area contributed by atoms with Gasteiger partial charge in [0.25, 0.3) is 5.56 Å². The van der Waals surface area contributed by atoms with Crippen LogP contribution in [0.5, 0.6) is 0 Å².